The number of hydrogen-bond donors (Lipinski definition) is 3. The first kappa shape index (κ1) is 18.6. The largest absolute Gasteiger partial charge is 0.377 e. The number of carbonyl (C=O) groups excluding carboxylic acids is 3. The highest BCUT2D eigenvalue weighted by atomic mass is 16.5. The molecule has 1 aromatic rings. The van der Waals surface area contributed by atoms with Gasteiger partial charge in [-0.05, 0) is 5.56 Å². The Morgan fingerprint density at radius 3 is 2.35 bits per heavy atom. The first-order valence-corrected chi connectivity index (χ1v) is 7.40. The fraction of sp³-hybridized carbons (Fsp3) is 0.438. The van der Waals surface area contributed by atoms with E-state index < -0.39 is 6.04 Å². The molecule has 0 saturated heterocycles. The van der Waals surface area contributed by atoms with Crippen molar-refractivity contribution in [3.05, 3.63) is 35.9 Å². The van der Waals surface area contributed by atoms with Gasteiger partial charge in [-0.2, -0.15) is 0 Å². The Labute approximate surface area is 135 Å². The second-order valence-electron chi connectivity index (χ2n) is 5.01. The molecular formula is C16H23N3O4. The molecule has 1 rings (SSSR count). The monoisotopic (exact) mass is 321 g/mol. The van der Waals surface area contributed by atoms with Crippen molar-refractivity contribution in [1.82, 2.24) is 16.0 Å². The lowest BCUT2D eigenvalue weighted by Gasteiger charge is -2.18. The Hall–Kier alpha value is -2.41. The van der Waals surface area contributed by atoms with Gasteiger partial charge in [-0.15, -0.1) is 0 Å². The van der Waals surface area contributed by atoms with Gasteiger partial charge in [0.2, 0.25) is 17.7 Å². The molecule has 0 spiro atoms. The van der Waals surface area contributed by atoms with E-state index >= 15 is 0 Å². The van der Waals surface area contributed by atoms with E-state index in [2.05, 4.69) is 16.0 Å². The molecule has 23 heavy (non-hydrogen) atoms. The first-order chi connectivity index (χ1) is 11.0. The van der Waals surface area contributed by atoms with Crippen LogP contribution in [-0.2, 0) is 25.7 Å². The molecule has 3 amide bonds. The summed E-state index contributed by atoms with van der Waals surface area (Å²) < 4.78 is 5.33. The summed E-state index contributed by atoms with van der Waals surface area (Å²) >= 11 is 0. The van der Waals surface area contributed by atoms with E-state index in [1.807, 2.05) is 30.3 Å². The lowest BCUT2D eigenvalue weighted by atomic mass is 10.2. The van der Waals surface area contributed by atoms with Crippen molar-refractivity contribution in [3.63, 3.8) is 0 Å². The molecule has 0 aliphatic rings. The Kier molecular flexibility index (Phi) is 8.38. The summed E-state index contributed by atoms with van der Waals surface area (Å²) in [5.74, 6) is -0.772. The smallest absolute Gasteiger partial charge is 0.245 e. The molecule has 3 N–H and O–H groups in total. The van der Waals surface area contributed by atoms with Gasteiger partial charge in [0.25, 0.3) is 0 Å². The lowest BCUT2D eigenvalue weighted by Crippen LogP contribution is -2.48. The summed E-state index contributed by atoms with van der Waals surface area (Å²) in [7, 11) is 0. The summed E-state index contributed by atoms with van der Waals surface area (Å²) in [6, 6.07) is 8.70. The average molecular weight is 321 g/mol. The maximum absolute atomic E-state index is 12.1. The number of carbonyl (C=O) groups is 3. The van der Waals surface area contributed by atoms with E-state index in [-0.39, 0.29) is 30.9 Å². The van der Waals surface area contributed by atoms with Crippen molar-refractivity contribution in [2.75, 3.05) is 19.8 Å². The molecule has 0 aromatic heterocycles. The molecule has 126 valence electrons. The average Bonchev–Trinajstić information content (AvgIpc) is 2.51. The number of amides is 3. The summed E-state index contributed by atoms with van der Waals surface area (Å²) in [5, 5.41) is 7.90. The van der Waals surface area contributed by atoms with Crippen LogP contribution in [0.25, 0.3) is 0 Å². The molecule has 7 heteroatoms. The minimum atomic E-state index is -0.770. The van der Waals surface area contributed by atoms with Gasteiger partial charge in [0.1, 0.15) is 6.04 Å². The molecule has 1 atom stereocenters. The van der Waals surface area contributed by atoms with Crippen LogP contribution < -0.4 is 16.0 Å². The lowest BCUT2D eigenvalue weighted by molar-refractivity contribution is -0.129. The Morgan fingerprint density at radius 1 is 1.04 bits per heavy atom. The van der Waals surface area contributed by atoms with E-state index in [1.54, 1.807) is 0 Å². The number of benzene rings is 1. The molecule has 1 aromatic carbocycles. The first-order valence-electron chi connectivity index (χ1n) is 7.40. The van der Waals surface area contributed by atoms with Gasteiger partial charge >= 0.3 is 0 Å². The highest BCUT2D eigenvalue weighted by molar-refractivity contribution is 5.86. The normalized spacial score (nSPS) is 11.4. The Balaban J connectivity index is 2.40. The second kappa shape index (κ2) is 10.3. The fourth-order valence-electron chi connectivity index (χ4n) is 1.84. The maximum atomic E-state index is 12.1. The summed E-state index contributed by atoms with van der Waals surface area (Å²) in [4.78, 5) is 34.1. The van der Waals surface area contributed by atoms with Crippen molar-refractivity contribution in [3.8, 4) is 0 Å². The van der Waals surface area contributed by atoms with Crippen LogP contribution >= 0.6 is 0 Å². The minimum absolute atomic E-state index is 0.0415. The van der Waals surface area contributed by atoms with Crippen LogP contribution in [0.1, 0.15) is 19.4 Å². The standard InChI is InChI=1S/C16H23N3O4/c1-12(20)17-8-9-23-11-15(19-13(2)21)16(22)18-10-14-6-4-3-5-7-14/h3-7,15H,8-11H2,1-2H3,(H,17,20)(H,18,22)(H,19,21)/t15-/m1/s1. The van der Waals surface area contributed by atoms with Gasteiger partial charge in [-0.3, -0.25) is 14.4 Å². The van der Waals surface area contributed by atoms with Crippen LogP contribution in [0.15, 0.2) is 30.3 Å². The second-order valence-corrected chi connectivity index (χ2v) is 5.01. The number of ether oxygens (including phenoxy) is 1. The highest BCUT2D eigenvalue weighted by Gasteiger charge is 2.19. The van der Waals surface area contributed by atoms with E-state index in [1.165, 1.54) is 13.8 Å². The molecule has 7 nitrogen and oxygen atoms in total. The maximum Gasteiger partial charge on any atom is 0.245 e. The number of hydrogen-bond acceptors (Lipinski definition) is 4. The molecule has 0 aliphatic carbocycles. The van der Waals surface area contributed by atoms with E-state index in [0.717, 1.165) is 5.56 Å². The highest BCUT2D eigenvalue weighted by Crippen LogP contribution is 1.98. The third kappa shape index (κ3) is 8.57. The topological polar surface area (TPSA) is 96.5 Å². The van der Waals surface area contributed by atoms with Gasteiger partial charge in [0.05, 0.1) is 13.2 Å². The fourth-order valence-corrected chi connectivity index (χ4v) is 1.84. The molecule has 0 saturated carbocycles. The van der Waals surface area contributed by atoms with Crippen LogP contribution in [0.5, 0.6) is 0 Å². The van der Waals surface area contributed by atoms with Crippen molar-refractivity contribution >= 4 is 17.7 Å². The summed E-state index contributed by atoms with van der Waals surface area (Å²) in [6.07, 6.45) is 0. The molecule has 0 bridgehead atoms. The number of rotatable bonds is 9. The number of nitrogens with one attached hydrogen (secondary N) is 3. The quantitative estimate of drug-likeness (QED) is 0.556. The van der Waals surface area contributed by atoms with Crippen LogP contribution in [0, 0.1) is 0 Å². The molecule has 0 aliphatic heterocycles. The SMILES string of the molecule is CC(=O)NCCOC[C@@H](NC(C)=O)C(=O)NCc1ccccc1. The zero-order chi connectivity index (χ0) is 17.1. The molecular weight excluding hydrogens is 298 g/mol. The van der Waals surface area contributed by atoms with Crippen molar-refractivity contribution in [2.45, 2.75) is 26.4 Å². The zero-order valence-corrected chi connectivity index (χ0v) is 13.4. The minimum Gasteiger partial charge on any atom is -0.377 e. The predicted molar refractivity (Wildman–Crippen MR) is 85.4 cm³/mol. The van der Waals surface area contributed by atoms with Crippen LogP contribution in [-0.4, -0.2) is 43.5 Å². The van der Waals surface area contributed by atoms with E-state index in [9.17, 15) is 14.4 Å². The van der Waals surface area contributed by atoms with Gasteiger partial charge < -0.3 is 20.7 Å². The molecule has 0 fully saturated rings. The van der Waals surface area contributed by atoms with Crippen molar-refractivity contribution in [1.29, 1.82) is 0 Å². The van der Waals surface area contributed by atoms with Gasteiger partial charge in [0, 0.05) is 26.9 Å². The molecule has 0 radical (unpaired) electrons. The van der Waals surface area contributed by atoms with E-state index in [0.29, 0.717) is 13.1 Å². The van der Waals surface area contributed by atoms with Crippen molar-refractivity contribution in [2.24, 2.45) is 0 Å². The summed E-state index contributed by atoms with van der Waals surface area (Å²) in [5.41, 5.74) is 0.967. The predicted octanol–water partition coefficient (Wildman–Crippen LogP) is -0.0398. The van der Waals surface area contributed by atoms with E-state index in [4.69, 9.17) is 4.74 Å². The molecule has 0 unspecified atom stereocenters. The Bertz CT molecular complexity index is 519. The van der Waals surface area contributed by atoms with Gasteiger partial charge in [0.15, 0.2) is 0 Å². The van der Waals surface area contributed by atoms with Crippen LogP contribution in [0.4, 0.5) is 0 Å². The zero-order valence-electron chi connectivity index (χ0n) is 13.4. The third-order valence-corrected chi connectivity index (χ3v) is 2.91. The van der Waals surface area contributed by atoms with Crippen LogP contribution in [0.2, 0.25) is 0 Å². The third-order valence-electron chi connectivity index (χ3n) is 2.91. The Morgan fingerprint density at radius 2 is 1.74 bits per heavy atom. The summed E-state index contributed by atoms with van der Waals surface area (Å²) in [6.45, 7) is 3.79. The van der Waals surface area contributed by atoms with Crippen molar-refractivity contribution < 1.29 is 19.1 Å². The van der Waals surface area contributed by atoms with Crippen LogP contribution in [0.3, 0.4) is 0 Å². The van der Waals surface area contributed by atoms with Gasteiger partial charge in [-0.25, -0.2) is 0 Å². The van der Waals surface area contributed by atoms with Gasteiger partial charge in [-0.1, -0.05) is 30.3 Å². The molecule has 0 heterocycles.